The Morgan fingerprint density at radius 3 is 2.12 bits per heavy atom. The molecule has 0 aromatic heterocycles. The predicted octanol–water partition coefficient (Wildman–Crippen LogP) is 0.732. The third-order valence-corrected chi connectivity index (χ3v) is 5.09. The lowest BCUT2D eigenvalue weighted by atomic mass is 9.83. The minimum absolute atomic E-state index is 0.0154. The maximum atomic E-state index is 12.8. The third kappa shape index (κ3) is 2.87. The number of rotatable bonds is 4. The summed E-state index contributed by atoms with van der Waals surface area (Å²) in [6.45, 7) is 0.566. The quantitative estimate of drug-likeness (QED) is 0.550. The van der Waals surface area contributed by atoms with Gasteiger partial charge < -0.3 is 4.74 Å². The average molecular weight is 348 g/mol. The normalized spacial score (nSPS) is 22.1. The van der Waals surface area contributed by atoms with Crippen molar-refractivity contribution in [1.29, 1.82) is 0 Å². The van der Waals surface area contributed by atoms with E-state index in [0.29, 0.717) is 24.2 Å². The number of hydrogen-bond donors (Lipinski definition) is 3. The summed E-state index contributed by atoms with van der Waals surface area (Å²) in [5.74, 6) is -0.876. The van der Waals surface area contributed by atoms with Crippen LogP contribution in [0, 0.1) is 0 Å². The first kappa shape index (κ1) is 17.4. The molecule has 1 aromatic rings. The topological polar surface area (TPSA) is 105 Å². The maximum Gasteiger partial charge on any atom is 0.328 e. The summed E-state index contributed by atoms with van der Waals surface area (Å²) >= 11 is 0. The van der Waals surface area contributed by atoms with Crippen molar-refractivity contribution in [3.63, 3.8) is 0 Å². The summed E-state index contributed by atoms with van der Waals surface area (Å²) in [6.07, 6.45) is 2.32. The Kier molecular flexibility index (Phi) is 4.49. The summed E-state index contributed by atoms with van der Waals surface area (Å²) < 4.78 is 4.43. The van der Waals surface area contributed by atoms with Gasteiger partial charge in [0.05, 0.1) is 7.11 Å². The number of urea groups is 1. The van der Waals surface area contributed by atoms with Crippen molar-refractivity contribution in [3.05, 3.63) is 29.8 Å². The number of carbonyl (C=O) groups excluding carboxylic acids is 3. The Morgan fingerprint density at radius 1 is 1.04 bits per heavy atom. The van der Waals surface area contributed by atoms with Crippen molar-refractivity contribution < 1.29 is 29.0 Å². The fraction of sp³-hybridized carbons (Fsp3) is 0.471. The van der Waals surface area contributed by atoms with Crippen LogP contribution in [0.25, 0.3) is 0 Å². The molecule has 8 heteroatoms. The molecule has 3 rings (SSSR count). The molecule has 2 heterocycles. The Bertz CT molecular complexity index is 675. The largest absolute Gasteiger partial charge is 0.497 e. The number of carbonyl (C=O) groups is 3. The van der Waals surface area contributed by atoms with Crippen LogP contribution >= 0.6 is 0 Å². The highest BCUT2D eigenvalue weighted by Gasteiger charge is 2.66. The van der Waals surface area contributed by atoms with Gasteiger partial charge in [-0.2, -0.15) is 4.65 Å². The third-order valence-electron chi connectivity index (χ3n) is 5.09. The van der Waals surface area contributed by atoms with Crippen LogP contribution in [-0.4, -0.2) is 53.4 Å². The zero-order valence-corrected chi connectivity index (χ0v) is 14.1. The number of amides is 4. The molecule has 4 amide bonds. The number of nitrogens with zero attached hydrogens (tertiary/aromatic N) is 1. The van der Waals surface area contributed by atoms with Gasteiger partial charge in [0.1, 0.15) is 18.8 Å². The van der Waals surface area contributed by atoms with Crippen molar-refractivity contribution in [2.75, 3.05) is 20.2 Å². The Balaban J connectivity index is 2.03. The number of nitrogens with one attached hydrogen (secondary N) is 2. The summed E-state index contributed by atoms with van der Waals surface area (Å²) in [5.41, 5.74) is -1.10. The number of quaternary nitrogens is 1. The molecule has 3 N–H and O–H groups in total. The number of methoxy groups -OCH3 is 1. The Labute approximate surface area is 145 Å². The van der Waals surface area contributed by atoms with Crippen LogP contribution in [0.5, 0.6) is 5.75 Å². The molecule has 2 saturated heterocycles. The van der Waals surface area contributed by atoms with Crippen LogP contribution in [0.1, 0.15) is 24.8 Å². The standard InChI is InChI=1S/C17H21N3O5/c1-25-13-7-5-12(6-8-13)11-17(20(24)9-3-2-4-10-20)14(21)18-16(23)19-15(17)22/h5-8,24H,2-4,9-11H2,1H3,(H-,18,19,21,22,23)/p+1. The number of ether oxygens (including phenoxy) is 1. The summed E-state index contributed by atoms with van der Waals surface area (Å²) in [7, 11) is 1.55. The molecule has 0 bridgehead atoms. The van der Waals surface area contributed by atoms with Gasteiger partial charge in [-0.15, -0.1) is 0 Å². The fourth-order valence-corrected chi connectivity index (χ4v) is 3.69. The molecule has 0 radical (unpaired) electrons. The summed E-state index contributed by atoms with van der Waals surface area (Å²) in [5, 5.41) is 15.5. The number of imide groups is 2. The summed E-state index contributed by atoms with van der Waals surface area (Å²) in [4.78, 5) is 37.1. The zero-order valence-electron chi connectivity index (χ0n) is 14.1. The first-order chi connectivity index (χ1) is 11.9. The second-order valence-corrected chi connectivity index (χ2v) is 6.55. The lowest BCUT2D eigenvalue weighted by Gasteiger charge is -2.47. The van der Waals surface area contributed by atoms with E-state index in [1.807, 2.05) is 0 Å². The SMILES string of the molecule is COc1ccc(CC2([N+]3(O)CCCCC3)C(=O)NC(=O)NC2=O)cc1. The van der Waals surface area contributed by atoms with Crippen molar-refractivity contribution in [2.45, 2.75) is 31.2 Å². The molecule has 0 aliphatic carbocycles. The highest BCUT2D eigenvalue weighted by Crippen LogP contribution is 2.34. The van der Waals surface area contributed by atoms with Gasteiger partial charge in [-0.05, 0) is 37.0 Å². The van der Waals surface area contributed by atoms with Gasteiger partial charge in [0.2, 0.25) is 0 Å². The Morgan fingerprint density at radius 2 is 1.60 bits per heavy atom. The van der Waals surface area contributed by atoms with E-state index in [2.05, 4.69) is 10.6 Å². The van der Waals surface area contributed by atoms with Crippen LogP contribution in [0.2, 0.25) is 0 Å². The van der Waals surface area contributed by atoms with E-state index in [0.717, 1.165) is 6.42 Å². The van der Waals surface area contributed by atoms with E-state index in [9.17, 15) is 19.6 Å². The minimum Gasteiger partial charge on any atom is -0.497 e. The molecule has 2 aliphatic rings. The molecule has 25 heavy (non-hydrogen) atoms. The average Bonchev–Trinajstić information content (AvgIpc) is 2.59. The molecule has 134 valence electrons. The number of likely N-dealkylation sites (tertiary alicyclic amines) is 1. The molecule has 2 fully saturated rings. The molecule has 0 unspecified atom stereocenters. The summed E-state index contributed by atoms with van der Waals surface area (Å²) in [6, 6.07) is 6.08. The lowest BCUT2D eigenvalue weighted by Crippen LogP contribution is -2.80. The van der Waals surface area contributed by atoms with Gasteiger partial charge in [0, 0.05) is 6.42 Å². The molecule has 8 nitrogen and oxygen atoms in total. The monoisotopic (exact) mass is 348 g/mol. The number of benzene rings is 1. The number of piperidine rings is 1. The molecule has 1 aromatic carbocycles. The van der Waals surface area contributed by atoms with E-state index < -0.39 is 28.0 Å². The molecule has 0 saturated carbocycles. The number of barbiturate groups is 1. The van der Waals surface area contributed by atoms with Crippen LogP contribution < -0.4 is 15.4 Å². The van der Waals surface area contributed by atoms with E-state index >= 15 is 0 Å². The van der Waals surface area contributed by atoms with Gasteiger partial charge >= 0.3 is 17.8 Å². The van der Waals surface area contributed by atoms with E-state index in [4.69, 9.17) is 4.74 Å². The van der Waals surface area contributed by atoms with Gasteiger partial charge in [0.25, 0.3) is 5.54 Å². The number of hydroxylamine groups is 3. The predicted molar refractivity (Wildman–Crippen MR) is 86.7 cm³/mol. The molecule has 0 atom stereocenters. The highest BCUT2D eigenvalue weighted by atomic mass is 16.6. The second-order valence-electron chi connectivity index (χ2n) is 6.55. The van der Waals surface area contributed by atoms with Crippen LogP contribution in [0.4, 0.5) is 4.79 Å². The zero-order chi connectivity index (χ0) is 18.1. The fourth-order valence-electron chi connectivity index (χ4n) is 3.69. The molecular weight excluding hydrogens is 326 g/mol. The smallest absolute Gasteiger partial charge is 0.328 e. The lowest BCUT2D eigenvalue weighted by molar-refractivity contribution is -1.13. The van der Waals surface area contributed by atoms with Crippen LogP contribution in [0.3, 0.4) is 0 Å². The van der Waals surface area contributed by atoms with Crippen molar-refractivity contribution in [1.82, 2.24) is 10.6 Å². The van der Waals surface area contributed by atoms with Crippen molar-refractivity contribution in [3.8, 4) is 5.75 Å². The second kappa shape index (κ2) is 6.45. The first-order valence-corrected chi connectivity index (χ1v) is 8.31. The van der Waals surface area contributed by atoms with Crippen molar-refractivity contribution >= 4 is 17.8 Å². The van der Waals surface area contributed by atoms with Gasteiger partial charge in [-0.25, -0.2) is 10.0 Å². The van der Waals surface area contributed by atoms with E-state index in [1.54, 1.807) is 31.4 Å². The van der Waals surface area contributed by atoms with E-state index in [-0.39, 0.29) is 19.5 Å². The highest BCUT2D eigenvalue weighted by molar-refractivity contribution is 6.21. The van der Waals surface area contributed by atoms with Gasteiger partial charge in [-0.1, -0.05) is 12.1 Å². The van der Waals surface area contributed by atoms with Crippen molar-refractivity contribution in [2.24, 2.45) is 0 Å². The van der Waals surface area contributed by atoms with Gasteiger partial charge in [0.15, 0.2) is 0 Å². The maximum absolute atomic E-state index is 12.8. The minimum atomic E-state index is -1.79. The molecular formula is C17H22N3O5+. The molecule has 0 spiro atoms. The molecule has 2 aliphatic heterocycles. The van der Waals surface area contributed by atoms with Gasteiger partial charge in [-0.3, -0.25) is 20.2 Å². The van der Waals surface area contributed by atoms with E-state index in [1.165, 1.54) is 0 Å². The van der Waals surface area contributed by atoms with Crippen LogP contribution in [0.15, 0.2) is 24.3 Å². The Hall–Kier alpha value is -2.45. The van der Waals surface area contributed by atoms with Crippen LogP contribution in [-0.2, 0) is 16.0 Å². The number of hydrogen-bond acceptors (Lipinski definition) is 5. The first-order valence-electron chi connectivity index (χ1n) is 8.31.